The predicted molar refractivity (Wildman–Crippen MR) is 62.6 cm³/mol. The van der Waals surface area contributed by atoms with E-state index in [0.717, 1.165) is 25.7 Å². The van der Waals surface area contributed by atoms with Gasteiger partial charge in [0.1, 0.15) is 0 Å². The Hall–Kier alpha value is -0.890. The van der Waals surface area contributed by atoms with Crippen molar-refractivity contribution >= 4 is 0 Å². The number of pyridine rings is 1. The van der Waals surface area contributed by atoms with E-state index in [1.807, 2.05) is 12.3 Å². The van der Waals surface area contributed by atoms with Gasteiger partial charge >= 0.3 is 0 Å². The Morgan fingerprint density at radius 1 is 1.33 bits per heavy atom. The van der Waals surface area contributed by atoms with Gasteiger partial charge in [-0.25, -0.2) is 0 Å². The van der Waals surface area contributed by atoms with Crippen LogP contribution in [0, 0.1) is 5.92 Å². The first-order valence-corrected chi connectivity index (χ1v) is 5.84. The number of aryl methyl sites for hydroxylation is 1. The zero-order chi connectivity index (χ0) is 11.1. The molecule has 1 atom stereocenters. The Morgan fingerprint density at radius 3 is 2.60 bits per heavy atom. The second-order valence-corrected chi connectivity index (χ2v) is 4.04. The Morgan fingerprint density at radius 2 is 2.07 bits per heavy atom. The van der Waals surface area contributed by atoms with Crippen molar-refractivity contribution < 1.29 is 5.11 Å². The summed E-state index contributed by atoms with van der Waals surface area (Å²) in [4.78, 5) is 4.07. The molecule has 0 aliphatic heterocycles. The first-order chi connectivity index (χ1) is 7.27. The summed E-state index contributed by atoms with van der Waals surface area (Å²) in [7, 11) is 0. The topological polar surface area (TPSA) is 33.1 Å². The summed E-state index contributed by atoms with van der Waals surface area (Å²) in [5.74, 6) is 0.446. The summed E-state index contributed by atoms with van der Waals surface area (Å²) >= 11 is 0. The minimum atomic E-state index is -0.166. The molecular weight excluding hydrogens is 186 g/mol. The van der Waals surface area contributed by atoms with Crippen molar-refractivity contribution in [3.63, 3.8) is 0 Å². The molecule has 0 aliphatic rings. The second-order valence-electron chi connectivity index (χ2n) is 4.04. The number of rotatable bonds is 6. The Kier molecular flexibility index (Phi) is 5.33. The van der Waals surface area contributed by atoms with Crippen LogP contribution in [-0.4, -0.2) is 16.2 Å². The minimum Gasteiger partial charge on any atom is -0.393 e. The fourth-order valence-electron chi connectivity index (χ4n) is 1.93. The zero-order valence-electron chi connectivity index (χ0n) is 9.69. The van der Waals surface area contributed by atoms with E-state index in [9.17, 15) is 5.11 Å². The lowest BCUT2D eigenvalue weighted by Crippen LogP contribution is -2.19. The summed E-state index contributed by atoms with van der Waals surface area (Å²) in [5, 5.41) is 9.95. The van der Waals surface area contributed by atoms with Crippen LogP contribution in [0.3, 0.4) is 0 Å². The summed E-state index contributed by atoms with van der Waals surface area (Å²) in [5.41, 5.74) is 1.21. The molecule has 0 aliphatic carbocycles. The van der Waals surface area contributed by atoms with Crippen LogP contribution in [0.1, 0.15) is 38.7 Å². The largest absolute Gasteiger partial charge is 0.393 e. The molecule has 2 heteroatoms. The normalized spacial score (nSPS) is 13.1. The first-order valence-electron chi connectivity index (χ1n) is 5.84. The zero-order valence-corrected chi connectivity index (χ0v) is 9.69. The van der Waals surface area contributed by atoms with E-state index in [2.05, 4.69) is 24.9 Å². The van der Waals surface area contributed by atoms with Crippen LogP contribution in [0.5, 0.6) is 0 Å². The number of hydrogen-bond acceptors (Lipinski definition) is 2. The molecule has 0 saturated carbocycles. The van der Waals surface area contributed by atoms with Crippen molar-refractivity contribution in [2.45, 2.75) is 45.6 Å². The third-order valence-corrected chi connectivity index (χ3v) is 3.04. The quantitative estimate of drug-likeness (QED) is 0.778. The van der Waals surface area contributed by atoms with E-state index >= 15 is 0 Å². The maximum absolute atomic E-state index is 9.95. The van der Waals surface area contributed by atoms with Crippen LogP contribution in [0.15, 0.2) is 24.5 Å². The molecule has 1 aromatic rings. The van der Waals surface area contributed by atoms with Gasteiger partial charge in [-0.15, -0.1) is 0 Å². The summed E-state index contributed by atoms with van der Waals surface area (Å²) in [6, 6.07) is 4.01. The van der Waals surface area contributed by atoms with Gasteiger partial charge in [0.05, 0.1) is 6.10 Å². The van der Waals surface area contributed by atoms with Crippen LogP contribution in [0.25, 0.3) is 0 Å². The van der Waals surface area contributed by atoms with Gasteiger partial charge < -0.3 is 5.11 Å². The van der Waals surface area contributed by atoms with Gasteiger partial charge in [0, 0.05) is 12.4 Å². The van der Waals surface area contributed by atoms with Crippen molar-refractivity contribution in [2.75, 3.05) is 0 Å². The van der Waals surface area contributed by atoms with Crippen molar-refractivity contribution in [1.29, 1.82) is 0 Å². The van der Waals surface area contributed by atoms with Gasteiger partial charge in [-0.2, -0.15) is 0 Å². The van der Waals surface area contributed by atoms with Crippen LogP contribution in [0.4, 0.5) is 0 Å². The van der Waals surface area contributed by atoms with Gasteiger partial charge in [-0.1, -0.05) is 32.8 Å². The van der Waals surface area contributed by atoms with Gasteiger partial charge in [0.2, 0.25) is 0 Å². The summed E-state index contributed by atoms with van der Waals surface area (Å²) < 4.78 is 0. The van der Waals surface area contributed by atoms with Crippen LogP contribution < -0.4 is 0 Å². The highest BCUT2D eigenvalue weighted by molar-refractivity contribution is 5.08. The van der Waals surface area contributed by atoms with E-state index in [-0.39, 0.29) is 6.10 Å². The summed E-state index contributed by atoms with van der Waals surface area (Å²) in [6.45, 7) is 4.28. The molecule has 2 nitrogen and oxygen atoms in total. The average Bonchev–Trinajstić information content (AvgIpc) is 2.29. The highest BCUT2D eigenvalue weighted by atomic mass is 16.3. The van der Waals surface area contributed by atoms with Crippen LogP contribution >= 0.6 is 0 Å². The molecule has 0 aromatic carbocycles. The molecule has 0 saturated heterocycles. The van der Waals surface area contributed by atoms with E-state index in [0.29, 0.717) is 5.92 Å². The molecule has 0 fully saturated rings. The molecule has 1 unspecified atom stereocenters. The third kappa shape index (κ3) is 4.00. The van der Waals surface area contributed by atoms with Gasteiger partial charge in [0.25, 0.3) is 0 Å². The van der Waals surface area contributed by atoms with Crippen molar-refractivity contribution in [1.82, 2.24) is 4.98 Å². The number of nitrogens with zero attached hydrogens (tertiary/aromatic N) is 1. The lowest BCUT2D eigenvalue weighted by atomic mass is 9.92. The lowest BCUT2D eigenvalue weighted by molar-refractivity contribution is 0.0945. The smallest absolute Gasteiger partial charge is 0.0571 e. The van der Waals surface area contributed by atoms with E-state index in [4.69, 9.17) is 0 Å². The maximum Gasteiger partial charge on any atom is 0.0571 e. The molecule has 0 bridgehead atoms. The highest BCUT2D eigenvalue weighted by Gasteiger charge is 2.14. The molecule has 1 aromatic heterocycles. The van der Waals surface area contributed by atoms with E-state index < -0.39 is 0 Å². The maximum atomic E-state index is 9.95. The summed E-state index contributed by atoms with van der Waals surface area (Å²) in [6.07, 6.45) is 7.37. The first kappa shape index (κ1) is 12.2. The molecule has 15 heavy (non-hydrogen) atoms. The molecule has 1 N–H and O–H groups in total. The van der Waals surface area contributed by atoms with Crippen molar-refractivity contribution in [3.05, 3.63) is 30.1 Å². The predicted octanol–water partition coefficient (Wildman–Crippen LogP) is 2.81. The highest BCUT2D eigenvalue weighted by Crippen LogP contribution is 2.17. The monoisotopic (exact) mass is 207 g/mol. The van der Waals surface area contributed by atoms with Crippen molar-refractivity contribution in [3.8, 4) is 0 Å². The molecule has 1 rings (SSSR count). The van der Waals surface area contributed by atoms with Gasteiger partial charge in [-0.05, 0) is 30.4 Å². The van der Waals surface area contributed by atoms with Crippen molar-refractivity contribution in [2.24, 2.45) is 5.92 Å². The number of aliphatic hydroxyl groups excluding tert-OH is 1. The Labute approximate surface area is 92.4 Å². The van der Waals surface area contributed by atoms with E-state index in [1.54, 1.807) is 6.20 Å². The Balaban J connectivity index is 2.36. The Bertz CT molecular complexity index is 256. The number of aliphatic hydroxyl groups is 1. The fourth-order valence-corrected chi connectivity index (χ4v) is 1.93. The minimum absolute atomic E-state index is 0.166. The molecule has 0 spiro atoms. The van der Waals surface area contributed by atoms with E-state index in [1.165, 1.54) is 5.56 Å². The average molecular weight is 207 g/mol. The standard InChI is InChI=1S/C13H21NO/c1-3-12(4-2)13(15)8-7-11-6-5-9-14-10-11/h5-6,9-10,12-13,15H,3-4,7-8H2,1-2H3. The van der Waals surface area contributed by atoms with Gasteiger partial charge in [0.15, 0.2) is 0 Å². The fraction of sp³-hybridized carbons (Fsp3) is 0.615. The molecule has 0 amide bonds. The van der Waals surface area contributed by atoms with Crippen LogP contribution in [0.2, 0.25) is 0 Å². The molecule has 0 radical (unpaired) electrons. The number of hydrogen-bond donors (Lipinski definition) is 1. The molecule has 1 heterocycles. The van der Waals surface area contributed by atoms with Gasteiger partial charge in [-0.3, -0.25) is 4.98 Å². The molecular formula is C13H21NO. The molecule has 84 valence electrons. The lowest BCUT2D eigenvalue weighted by Gasteiger charge is -2.19. The van der Waals surface area contributed by atoms with Crippen LogP contribution in [-0.2, 0) is 6.42 Å². The number of aromatic nitrogens is 1. The second kappa shape index (κ2) is 6.57. The third-order valence-electron chi connectivity index (χ3n) is 3.04. The SMILES string of the molecule is CCC(CC)C(O)CCc1cccnc1.